The van der Waals surface area contributed by atoms with Crippen molar-refractivity contribution in [3.63, 3.8) is 0 Å². The van der Waals surface area contributed by atoms with Gasteiger partial charge in [0.25, 0.3) is 0 Å². The second-order valence-corrected chi connectivity index (χ2v) is 6.64. The highest BCUT2D eigenvalue weighted by Gasteiger charge is 2.06. The van der Waals surface area contributed by atoms with Crippen LogP contribution in [0.15, 0.2) is 22.9 Å². The van der Waals surface area contributed by atoms with E-state index in [0.717, 1.165) is 26.2 Å². The van der Waals surface area contributed by atoms with Crippen LogP contribution in [0.2, 0.25) is 0 Å². The predicted octanol–water partition coefficient (Wildman–Crippen LogP) is 3.34. The molecule has 2 aromatic rings. The summed E-state index contributed by atoms with van der Waals surface area (Å²) in [6.07, 6.45) is 1.17. The fourth-order valence-corrected chi connectivity index (χ4v) is 3.41. The minimum Gasteiger partial charge on any atom is -0.310 e. The predicted molar refractivity (Wildman–Crippen MR) is 83.6 cm³/mol. The Balaban J connectivity index is 1.78. The van der Waals surface area contributed by atoms with E-state index < -0.39 is 0 Å². The molecule has 0 aliphatic heterocycles. The fraction of sp³-hybridized carbons (Fsp3) is 0.500. The average Bonchev–Trinajstić information content (AvgIpc) is 3.02. The third-order valence-corrected chi connectivity index (χ3v) is 4.50. The summed E-state index contributed by atoms with van der Waals surface area (Å²) in [5, 5.41) is 8.88. The lowest BCUT2D eigenvalue weighted by Gasteiger charge is -2.13. The lowest BCUT2D eigenvalue weighted by molar-refractivity contribution is 0.318. The number of thiophene rings is 1. The standard InChI is InChI=1S/C14H21N3S2/c1-3-6-15-8-14-16-12(11-19-14)9-17(2)10-13-5-4-7-18-13/h4-5,7,11,15H,3,6,8-10H2,1-2H3. The maximum Gasteiger partial charge on any atom is 0.107 e. The molecular weight excluding hydrogens is 274 g/mol. The van der Waals surface area contributed by atoms with Crippen LogP contribution in [-0.2, 0) is 19.6 Å². The van der Waals surface area contributed by atoms with Crippen LogP contribution >= 0.6 is 22.7 Å². The van der Waals surface area contributed by atoms with Gasteiger partial charge in [0.2, 0.25) is 0 Å². The third kappa shape index (κ3) is 5.03. The summed E-state index contributed by atoms with van der Waals surface area (Å²) in [5.74, 6) is 0. The third-order valence-electron chi connectivity index (χ3n) is 2.74. The Bertz CT molecular complexity index is 465. The van der Waals surface area contributed by atoms with Gasteiger partial charge in [-0.3, -0.25) is 4.90 Å². The first-order valence-electron chi connectivity index (χ1n) is 6.63. The molecule has 0 unspecified atom stereocenters. The molecule has 2 rings (SSSR count). The zero-order valence-electron chi connectivity index (χ0n) is 11.6. The van der Waals surface area contributed by atoms with Crippen molar-refractivity contribution in [1.29, 1.82) is 0 Å². The van der Waals surface area contributed by atoms with E-state index >= 15 is 0 Å². The summed E-state index contributed by atoms with van der Waals surface area (Å²) in [6, 6.07) is 4.29. The van der Waals surface area contributed by atoms with Crippen LogP contribution in [0.5, 0.6) is 0 Å². The molecule has 5 heteroatoms. The minimum absolute atomic E-state index is 0.896. The summed E-state index contributed by atoms with van der Waals surface area (Å²) in [4.78, 5) is 8.38. The van der Waals surface area contributed by atoms with Crippen LogP contribution in [-0.4, -0.2) is 23.5 Å². The molecule has 2 aromatic heterocycles. The first-order valence-corrected chi connectivity index (χ1v) is 8.38. The van der Waals surface area contributed by atoms with Gasteiger partial charge < -0.3 is 5.32 Å². The van der Waals surface area contributed by atoms with Gasteiger partial charge in [-0.15, -0.1) is 22.7 Å². The van der Waals surface area contributed by atoms with Gasteiger partial charge in [-0.05, 0) is 31.5 Å². The summed E-state index contributed by atoms with van der Waals surface area (Å²) in [6.45, 7) is 6.06. The van der Waals surface area contributed by atoms with Crippen LogP contribution in [0.25, 0.3) is 0 Å². The molecule has 0 radical (unpaired) electrons. The second-order valence-electron chi connectivity index (χ2n) is 4.66. The summed E-state index contributed by atoms with van der Waals surface area (Å²) >= 11 is 3.56. The molecule has 0 aliphatic carbocycles. The molecule has 0 fully saturated rings. The van der Waals surface area contributed by atoms with Gasteiger partial charge >= 0.3 is 0 Å². The molecule has 0 saturated carbocycles. The Morgan fingerprint density at radius 1 is 1.32 bits per heavy atom. The minimum atomic E-state index is 0.896. The van der Waals surface area contributed by atoms with Crippen LogP contribution in [0.4, 0.5) is 0 Å². The number of hydrogen-bond acceptors (Lipinski definition) is 5. The van der Waals surface area contributed by atoms with Crippen molar-refractivity contribution in [2.75, 3.05) is 13.6 Å². The SMILES string of the molecule is CCCNCc1nc(CN(C)Cc2cccs2)cs1. The van der Waals surface area contributed by atoms with E-state index in [-0.39, 0.29) is 0 Å². The molecule has 0 aliphatic rings. The van der Waals surface area contributed by atoms with Gasteiger partial charge in [-0.2, -0.15) is 0 Å². The van der Waals surface area contributed by atoms with E-state index in [0.29, 0.717) is 0 Å². The molecule has 0 amide bonds. The lowest BCUT2D eigenvalue weighted by Crippen LogP contribution is -2.17. The van der Waals surface area contributed by atoms with Crippen molar-refractivity contribution in [3.8, 4) is 0 Å². The van der Waals surface area contributed by atoms with Crippen molar-refractivity contribution in [2.24, 2.45) is 0 Å². The smallest absolute Gasteiger partial charge is 0.107 e. The molecule has 3 nitrogen and oxygen atoms in total. The van der Waals surface area contributed by atoms with Crippen LogP contribution in [0, 0.1) is 0 Å². The van der Waals surface area contributed by atoms with Gasteiger partial charge in [0.15, 0.2) is 0 Å². The zero-order valence-corrected chi connectivity index (χ0v) is 13.2. The molecule has 0 spiro atoms. The quantitative estimate of drug-likeness (QED) is 0.757. The van der Waals surface area contributed by atoms with Gasteiger partial charge in [0.1, 0.15) is 5.01 Å². The van der Waals surface area contributed by atoms with Gasteiger partial charge in [0.05, 0.1) is 5.69 Å². The lowest BCUT2D eigenvalue weighted by atomic mass is 10.4. The molecule has 1 N–H and O–H groups in total. The van der Waals surface area contributed by atoms with Crippen molar-refractivity contribution in [3.05, 3.63) is 38.5 Å². The van der Waals surface area contributed by atoms with E-state index in [1.165, 1.54) is 22.0 Å². The van der Waals surface area contributed by atoms with E-state index in [4.69, 9.17) is 0 Å². The van der Waals surface area contributed by atoms with Crippen molar-refractivity contribution in [2.45, 2.75) is 33.0 Å². The van der Waals surface area contributed by atoms with Crippen LogP contribution in [0.3, 0.4) is 0 Å². The first kappa shape index (κ1) is 14.7. The number of rotatable bonds is 8. The molecule has 0 atom stereocenters. The van der Waals surface area contributed by atoms with E-state index in [9.17, 15) is 0 Å². The number of nitrogens with zero attached hydrogens (tertiary/aromatic N) is 2. The molecule has 104 valence electrons. The maximum atomic E-state index is 4.67. The van der Waals surface area contributed by atoms with Gasteiger partial charge in [-0.25, -0.2) is 4.98 Å². The summed E-state index contributed by atoms with van der Waals surface area (Å²) in [7, 11) is 2.15. The van der Waals surface area contributed by atoms with E-state index in [1.807, 2.05) is 11.3 Å². The monoisotopic (exact) mass is 295 g/mol. The topological polar surface area (TPSA) is 28.2 Å². The van der Waals surface area contributed by atoms with Crippen LogP contribution < -0.4 is 5.32 Å². The molecule has 0 saturated heterocycles. The molecular formula is C14H21N3S2. The molecule has 2 heterocycles. The van der Waals surface area contributed by atoms with E-state index in [1.54, 1.807) is 11.3 Å². The first-order chi connectivity index (χ1) is 9.28. The Morgan fingerprint density at radius 3 is 2.95 bits per heavy atom. The van der Waals surface area contributed by atoms with Gasteiger partial charge in [-0.1, -0.05) is 13.0 Å². The molecule has 0 bridgehead atoms. The second kappa shape index (κ2) is 7.75. The fourth-order valence-electron chi connectivity index (χ4n) is 1.88. The number of nitrogens with one attached hydrogen (secondary N) is 1. The highest BCUT2D eigenvalue weighted by Crippen LogP contribution is 2.15. The number of thiazole rings is 1. The molecule has 0 aromatic carbocycles. The van der Waals surface area contributed by atoms with Crippen LogP contribution in [0.1, 0.15) is 28.9 Å². The van der Waals surface area contributed by atoms with Crippen molar-refractivity contribution >= 4 is 22.7 Å². The Kier molecular flexibility index (Phi) is 5.97. The van der Waals surface area contributed by atoms with Gasteiger partial charge in [0, 0.05) is 29.9 Å². The summed E-state index contributed by atoms with van der Waals surface area (Å²) in [5.41, 5.74) is 1.18. The number of hydrogen-bond donors (Lipinski definition) is 1. The number of aromatic nitrogens is 1. The largest absolute Gasteiger partial charge is 0.310 e. The zero-order chi connectivity index (χ0) is 13.5. The average molecular weight is 295 g/mol. The Labute approximate surface area is 123 Å². The highest BCUT2D eigenvalue weighted by molar-refractivity contribution is 7.10. The summed E-state index contributed by atoms with van der Waals surface area (Å²) < 4.78 is 0. The molecule has 19 heavy (non-hydrogen) atoms. The Morgan fingerprint density at radius 2 is 2.21 bits per heavy atom. The van der Waals surface area contributed by atoms with Crippen molar-refractivity contribution < 1.29 is 0 Å². The van der Waals surface area contributed by atoms with Crippen molar-refractivity contribution in [1.82, 2.24) is 15.2 Å². The maximum absolute atomic E-state index is 4.67. The normalized spacial score (nSPS) is 11.3. The van der Waals surface area contributed by atoms with E-state index in [2.05, 4.69) is 52.1 Å². The highest BCUT2D eigenvalue weighted by atomic mass is 32.1. The Hall–Kier alpha value is -0.750.